The van der Waals surface area contributed by atoms with Crippen LogP contribution in [-0.4, -0.2) is 47.3 Å². The highest BCUT2D eigenvalue weighted by Crippen LogP contribution is 2.32. The van der Waals surface area contributed by atoms with Crippen molar-refractivity contribution in [1.29, 1.82) is 0 Å². The molecule has 156 valence electrons. The number of ether oxygens (including phenoxy) is 1. The van der Waals surface area contributed by atoms with E-state index in [-0.39, 0.29) is 0 Å². The van der Waals surface area contributed by atoms with Crippen molar-refractivity contribution >= 4 is 16.5 Å². The van der Waals surface area contributed by atoms with E-state index in [4.69, 9.17) is 4.74 Å². The van der Waals surface area contributed by atoms with Gasteiger partial charge >= 0.3 is 0 Å². The first-order chi connectivity index (χ1) is 14.8. The number of rotatable bonds is 5. The van der Waals surface area contributed by atoms with Crippen molar-refractivity contribution in [2.45, 2.75) is 38.1 Å². The number of para-hydroxylation sites is 1. The molecule has 2 fully saturated rings. The molecule has 0 bridgehead atoms. The predicted molar refractivity (Wildman–Crippen MR) is 123 cm³/mol. The molecule has 0 aliphatic carbocycles. The number of nitrogens with zero attached hydrogens (tertiary/aromatic N) is 4. The lowest BCUT2D eigenvalue weighted by atomic mass is 10.0. The molecule has 2 aliphatic rings. The molecule has 5 rings (SSSR count). The first-order valence-electron chi connectivity index (χ1n) is 11.0. The minimum atomic E-state index is 0.756. The largest absolute Gasteiger partial charge is 0.457 e. The smallest absolute Gasteiger partial charge is 0.208 e. The molecule has 30 heavy (non-hydrogen) atoms. The van der Waals surface area contributed by atoms with Crippen molar-refractivity contribution in [2.75, 3.05) is 31.1 Å². The lowest BCUT2D eigenvalue weighted by molar-refractivity contribution is 0.141. The van der Waals surface area contributed by atoms with Crippen LogP contribution < -0.4 is 9.64 Å². The minimum Gasteiger partial charge on any atom is -0.457 e. The molecule has 0 amide bonds. The monoisotopic (exact) mass is 420 g/mol. The van der Waals surface area contributed by atoms with Gasteiger partial charge < -0.3 is 14.5 Å². The number of hydrogen-bond acceptors (Lipinski definition) is 6. The van der Waals surface area contributed by atoms with Crippen molar-refractivity contribution in [3.63, 3.8) is 0 Å². The standard InChI is InChI=1S/C24H28N4OS/c1-3-7-21(8-4-1)29-22-11-9-19(10-12-22)23-25-26-24(30-23)28-17-13-20(14-18-28)27-15-5-2-6-16-27/h1,3-4,7-12,20H,2,5-6,13-18H2. The van der Waals surface area contributed by atoms with E-state index >= 15 is 0 Å². The van der Waals surface area contributed by atoms with Crippen LogP contribution in [0.25, 0.3) is 10.6 Å². The molecule has 0 atom stereocenters. The zero-order chi connectivity index (χ0) is 20.2. The van der Waals surface area contributed by atoms with Crippen LogP contribution in [0, 0.1) is 0 Å². The number of likely N-dealkylation sites (tertiary alicyclic amines) is 1. The molecule has 3 aromatic rings. The van der Waals surface area contributed by atoms with Crippen LogP contribution in [0.4, 0.5) is 5.13 Å². The topological polar surface area (TPSA) is 41.5 Å². The van der Waals surface area contributed by atoms with Gasteiger partial charge in [0.2, 0.25) is 5.13 Å². The Kier molecular flexibility index (Phi) is 5.95. The van der Waals surface area contributed by atoms with Gasteiger partial charge in [-0.1, -0.05) is 36.0 Å². The highest BCUT2D eigenvalue weighted by molar-refractivity contribution is 7.18. The van der Waals surface area contributed by atoms with Crippen LogP contribution in [0.1, 0.15) is 32.1 Å². The van der Waals surface area contributed by atoms with Gasteiger partial charge in [-0.15, -0.1) is 10.2 Å². The highest BCUT2D eigenvalue weighted by atomic mass is 32.1. The Morgan fingerprint density at radius 2 is 1.47 bits per heavy atom. The fourth-order valence-electron chi connectivity index (χ4n) is 4.46. The summed E-state index contributed by atoms with van der Waals surface area (Å²) in [6, 6.07) is 18.7. The second kappa shape index (κ2) is 9.14. The summed E-state index contributed by atoms with van der Waals surface area (Å²) in [6.45, 7) is 4.74. The molecule has 6 heteroatoms. The summed E-state index contributed by atoms with van der Waals surface area (Å²) in [4.78, 5) is 5.12. The molecular weight excluding hydrogens is 392 g/mol. The van der Waals surface area contributed by atoms with E-state index < -0.39 is 0 Å². The lowest BCUT2D eigenvalue weighted by Crippen LogP contribution is -2.46. The van der Waals surface area contributed by atoms with Crippen LogP contribution in [0.15, 0.2) is 54.6 Å². The maximum Gasteiger partial charge on any atom is 0.208 e. The summed E-state index contributed by atoms with van der Waals surface area (Å²) in [5.41, 5.74) is 1.09. The third-order valence-electron chi connectivity index (χ3n) is 6.14. The molecule has 2 aromatic carbocycles. The van der Waals surface area contributed by atoms with E-state index in [0.717, 1.165) is 46.3 Å². The number of aromatic nitrogens is 2. The first-order valence-corrected chi connectivity index (χ1v) is 11.8. The van der Waals surface area contributed by atoms with E-state index in [1.54, 1.807) is 11.3 Å². The Bertz CT molecular complexity index is 929. The Morgan fingerprint density at radius 3 is 2.20 bits per heavy atom. The van der Waals surface area contributed by atoms with Crippen LogP contribution >= 0.6 is 11.3 Å². The maximum absolute atomic E-state index is 5.88. The van der Waals surface area contributed by atoms with Crippen molar-refractivity contribution < 1.29 is 4.74 Å². The average molecular weight is 421 g/mol. The summed E-state index contributed by atoms with van der Waals surface area (Å²) in [6.07, 6.45) is 6.62. The molecule has 0 unspecified atom stereocenters. The maximum atomic E-state index is 5.88. The first kappa shape index (κ1) is 19.5. The van der Waals surface area contributed by atoms with Gasteiger partial charge in [0.1, 0.15) is 16.5 Å². The quantitative estimate of drug-likeness (QED) is 0.549. The summed E-state index contributed by atoms with van der Waals surface area (Å²) < 4.78 is 5.88. The van der Waals surface area contributed by atoms with Crippen molar-refractivity contribution in [1.82, 2.24) is 15.1 Å². The van der Waals surface area contributed by atoms with E-state index in [0.29, 0.717) is 0 Å². The van der Waals surface area contributed by atoms with Crippen LogP contribution in [-0.2, 0) is 0 Å². The molecule has 2 saturated heterocycles. The molecule has 2 aliphatic heterocycles. The van der Waals surface area contributed by atoms with Crippen molar-refractivity contribution in [3.8, 4) is 22.1 Å². The zero-order valence-corrected chi connectivity index (χ0v) is 18.1. The van der Waals surface area contributed by atoms with Gasteiger partial charge in [-0.2, -0.15) is 0 Å². The predicted octanol–water partition coefficient (Wildman–Crippen LogP) is 5.45. The van der Waals surface area contributed by atoms with Gasteiger partial charge in [-0.05, 0) is 75.2 Å². The fourth-order valence-corrected chi connectivity index (χ4v) is 5.36. The Balaban J connectivity index is 1.19. The summed E-state index contributed by atoms with van der Waals surface area (Å²) in [5, 5.41) is 11.0. The second-order valence-electron chi connectivity index (χ2n) is 8.14. The Morgan fingerprint density at radius 1 is 0.767 bits per heavy atom. The van der Waals surface area contributed by atoms with Crippen LogP contribution in [0.5, 0.6) is 11.5 Å². The minimum absolute atomic E-state index is 0.756. The van der Waals surface area contributed by atoms with E-state index in [1.165, 1.54) is 45.2 Å². The number of hydrogen-bond donors (Lipinski definition) is 0. The van der Waals surface area contributed by atoms with Crippen molar-refractivity contribution in [3.05, 3.63) is 54.6 Å². The summed E-state index contributed by atoms with van der Waals surface area (Å²) in [5.74, 6) is 1.67. The molecule has 0 N–H and O–H groups in total. The average Bonchev–Trinajstić information content (AvgIpc) is 3.31. The Labute approximate surface area is 182 Å². The molecule has 5 nitrogen and oxygen atoms in total. The fraction of sp³-hybridized carbons (Fsp3) is 0.417. The van der Waals surface area contributed by atoms with Gasteiger partial charge in [0.15, 0.2) is 0 Å². The SMILES string of the molecule is c1ccc(Oc2ccc(-c3nnc(N4CCC(N5CCCCC5)CC4)s3)cc2)cc1. The summed E-state index contributed by atoms with van der Waals surface area (Å²) >= 11 is 1.69. The molecule has 0 saturated carbocycles. The number of piperidine rings is 2. The number of anilines is 1. The van der Waals surface area contributed by atoms with Crippen LogP contribution in [0.2, 0.25) is 0 Å². The van der Waals surface area contributed by atoms with Gasteiger partial charge in [0.05, 0.1) is 0 Å². The van der Waals surface area contributed by atoms with Gasteiger partial charge in [0.25, 0.3) is 0 Å². The molecule has 1 aromatic heterocycles. The number of benzene rings is 2. The molecule has 3 heterocycles. The van der Waals surface area contributed by atoms with Gasteiger partial charge in [-0.3, -0.25) is 0 Å². The molecule has 0 spiro atoms. The molecular formula is C24H28N4OS. The third kappa shape index (κ3) is 4.50. The molecule has 0 radical (unpaired) electrons. The highest BCUT2D eigenvalue weighted by Gasteiger charge is 2.27. The normalized spacial score (nSPS) is 18.5. The third-order valence-corrected chi connectivity index (χ3v) is 7.17. The summed E-state index contributed by atoms with van der Waals surface area (Å²) in [7, 11) is 0. The van der Waals surface area contributed by atoms with E-state index in [2.05, 4.69) is 32.1 Å². The van der Waals surface area contributed by atoms with E-state index in [1.807, 2.05) is 42.5 Å². The zero-order valence-electron chi connectivity index (χ0n) is 17.2. The van der Waals surface area contributed by atoms with Gasteiger partial charge in [0, 0.05) is 24.7 Å². The lowest BCUT2D eigenvalue weighted by Gasteiger charge is -2.40. The second-order valence-corrected chi connectivity index (χ2v) is 9.10. The Hall–Kier alpha value is -2.44. The van der Waals surface area contributed by atoms with Gasteiger partial charge in [-0.25, -0.2) is 0 Å². The van der Waals surface area contributed by atoms with E-state index in [9.17, 15) is 0 Å². The van der Waals surface area contributed by atoms with Crippen molar-refractivity contribution in [2.24, 2.45) is 0 Å². The van der Waals surface area contributed by atoms with Crippen LogP contribution in [0.3, 0.4) is 0 Å².